The van der Waals surface area contributed by atoms with E-state index in [4.69, 9.17) is 0 Å². The maximum atomic E-state index is 10.2. The van der Waals surface area contributed by atoms with Crippen molar-refractivity contribution in [1.82, 2.24) is 19.7 Å². The predicted molar refractivity (Wildman–Crippen MR) is 63.4 cm³/mol. The van der Waals surface area contributed by atoms with E-state index in [0.717, 1.165) is 22.8 Å². The van der Waals surface area contributed by atoms with E-state index in [-0.39, 0.29) is 0 Å². The number of aliphatic hydroxyl groups excluding tert-OH is 1. The second-order valence-corrected chi connectivity index (χ2v) is 4.20. The molecule has 1 atom stereocenters. The van der Waals surface area contributed by atoms with Gasteiger partial charge in [-0.2, -0.15) is 10.2 Å². The van der Waals surface area contributed by atoms with Crippen molar-refractivity contribution in [2.75, 3.05) is 0 Å². The Kier molecular flexibility index (Phi) is 3.19. The summed E-state index contributed by atoms with van der Waals surface area (Å²) in [6.07, 6.45) is 3.48. The van der Waals surface area contributed by atoms with E-state index in [1.165, 1.54) is 0 Å². The summed E-state index contributed by atoms with van der Waals surface area (Å²) < 4.78 is 1.90. The molecule has 90 valence electrons. The fourth-order valence-corrected chi connectivity index (χ4v) is 1.78. The first-order valence-electron chi connectivity index (χ1n) is 5.53. The van der Waals surface area contributed by atoms with Crippen LogP contribution in [0.1, 0.15) is 28.9 Å². The van der Waals surface area contributed by atoms with Crippen molar-refractivity contribution >= 4 is 0 Å². The summed E-state index contributed by atoms with van der Waals surface area (Å²) in [6.45, 7) is 3.72. The molecule has 0 radical (unpaired) electrons. The zero-order valence-electron chi connectivity index (χ0n) is 10.3. The lowest BCUT2D eigenvalue weighted by molar-refractivity contribution is 0.173. The van der Waals surface area contributed by atoms with Gasteiger partial charge in [-0.1, -0.05) is 0 Å². The Labute approximate surface area is 100 Å². The highest BCUT2D eigenvalue weighted by molar-refractivity contribution is 5.23. The molecule has 0 saturated carbocycles. The van der Waals surface area contributed by atoms with Crippen molar-refractivity contribution in [2.24, 2.45) is 7.05 Å². The molecule has 0 aliphatic carbocycles. The first-order chi connectivity index (χ1) is 8.08. The molecule has 5 heteroatoms. The lowest BCUT2D eigenvalue weighted by atomic mass is 10.0. The van der Waals surface area contributed by atoms with E-state index in [1.54, 1.807) is 6.20 Å². The smallest absolute Gasteiger partial charge is 0.111 e. The molecule has 0 saturated heterocycles. The van der Waals surface area contributed by atoms with Gasteiger partial charge in [-0.15, -0.1) is 0 Å². The highest BCUT2D eigenvalue weighted by atomic mass is 16.3. The second kappa shape index (κ2) is 4.63. The van der Waals surface area contributed by atoms with Gasteiger partial charge >= 0.3 is 0 Å². The molecule has 17 heavy (non-hydrogen) atoms. The third-order valence-electron chi connectivity index (χ3n) is 2.80. The molecule has 5 nitrogen and oxygen atoms in total. The van der Waals surface area contributed by atoms with E-state index in [0.29, 0.717) is 6.42 Å². The number of rotatable bonds is 3. The van der Waals surface area contributed by atoms with Crippen LogP contribution in [0.3, 0.4) is 0 Å². The van der Waals surface area contributed by atoms with E-state index >= 15 is 0 Å². The molecule has 0 aliphatic rings. The number of imidazole rings is 1. The maximum Gasteiger partial charge on any atom is 0.111 e. The zero-order chi connectivity index (χ0) is 12.4. The molecule has 2 aromatic heterocycles. The molecule has 0 aliphatic heterocycles. The van der Waals surface area contributed by atoms with Gasteiger partial charge in [0, 0.05) is 31.4 Å². The first kappa shape index (κ1) is 11.7. The minimum absolute atomic E-state index is 0.482. The van der Waals surface area contributed by atoms with Crippen molar-refractivity contribution in [3.05, 3.63) is 41.2 Å². The third-order valence-corrected chi connectivity index (χ3v) is 2.80. The first-order valence-corrected chi connectivity index (χ1v) is 5.53. The molecule has 1 unspecified atom stereocenters. The lowest BCUT2D eigenvalue weighted by Gasteiger charge is -2.13. The topological polar surface area (TPSA) is 63.8 Å². The van der Waals surface area contributed by atoms with Gasteiger partial charge in [-0.25, -0.2) is 4.98 Å². The Morgan fingerprint density at radius 3 is 2.76 bits per heavy atom. The molecule has 0 spiro atoms. The summed E-state index contributed by atoms with van der Waals surface area (Å²) in [5, 5.41) is 18.2. The number of hydrogen-bond donors (Lipinski definition) is 1. The third kappa shape index (κ3) is 2.50. The van der Waals surface area contributed by atoms with Crippen LogP contribution < -0.4 is 0 Å². The van der Waals surface area contributed by atoms with Gasteiger partial charge in [0.15, 0.2) is 0 Å². The molecular formula is C12H16N4O. The van der Waals surface area contributed by atoms with Crippen molar-refractivity contribution < 1.29 is 5.11 Å². The van der Waals surface area contributed by atoms with Crippen LogP contribution >= 0.6 is 0 Å². The number of nitrogens with zero attached hydrogens (tertiary/aromatic N) is 4. The summed E-state index contributed by atoms with van der Waals surface area (Å²) in [7, 11) is 1.91. The summed E-state index contributed by atoms with van der Waals surface area (Å²) in [5.41, 5.74) is 2.39. The number of aromatic nitrogens is 4. The van der Waals surface area contributed by atoms with Crippen LogP contribution in [0.25, 0.3) is 0 Å². The summed E-state index contributed by atoms with van der Waals surface area (Å²) in [5.74, 6) is 0.853. The molecule has 2 aromatic rings. The highest BCUT2D eigenvalue weighted by Crippen LogP contribution is 2.19. The Balaban J connectivity index is 2.23. The summed E-state index contributed by atoms with van der Waals surface area (Å²) >= 11 is 0. The molecule has 0 bridgehead atoms. The molecule has 1 N–H and O–H groups in total. The second-order valence-electron chi connectivity index (χ2n) is 4.20. The van der Waals surface area contributed by atoms with Crippen LogP contribution in [0, 0.1) is 13.8 Å². The number of hydrogen-bond acceptors (Lipinski definition) is 4. The van der Waals surface area contributed by atoms with Crippen LogP contribution in [-0.4, -0.2) is 24.9 Å². The largest absolute Gasteiger partial charge is 0.388 e. The highest BCUT2D eigenvalue weighted by Gasteiger charge is 2.15. The SMILES string of the molecule is Cc1cc(C(O)Cc2nccn2C)c(C)nn1. The van der Waals surface area contributed by atoms with Gasteiger partial charge in [0.25, 0.3) is 0 Å². The van der Waals surface area contributed by atoms with Crippen molar-refractivity contribution in [3.63, 3.8) is 0 Å². The van der Waals surface area contributed by atoms with Crippen LogP contribution in [0.5, 0.6) is 0 Å². The van der Waals surface area contributed by atoms with E-state index < -0.39 is 6.10 Å². The Morgan fingerprint density at radius 1 is 1.35 bits per heavy atom. The van der Waals surface area contributed by atoms with Crippen LogP contribution in [0.2, 0.25) is 0 Å². The van der Waals surface area contributed by atoms with Gasteiger partial charge in [0.1, 0.15) is 5.82 Å². The van der Waals surface area contributed by atoms with Gasteiger partial charge in [0.05, 0.1) is 17.5 Å². The number of aryl methyl sites for hydroxylation is 3. The predicted octanol–water partition coefficient (Wildman–Crippen LogP) is 1.10. The molecule has 0 amide bonds. The zero-order valence-corrected chi connectivity index (χ0v) is 10.3. The van der Waals surface area contributed by atoms with Crippen LogP contribution in [0.15, 0.2) is 18.5 Å². The monoisotopic (exact) mass is 232 g/mol. The standard InChI is InChI=1S/C12H16N4O/c1-8-6-10(9(2)15-14-8)11(17)7-12-13-4-5-16(12)3/h4-6,11,17H,7H2,1-3H3. The van der Waals surface area contributed by atoms with E-state index in [2.05, 4.69) is 15.2 Å². The minimum atomic E-state index is -0.592. The summed E-state index contributed by atoms with van der Waals surface area (Å²) in [6, 6.07) is 1.87. The van der Waals surface area contributed by atoms with Gasteiger partial charge in [-0.05, 0) is 19.9 Å². The van der Waals surface area contributed by atoms with Crippen molar-refractivity contribution in [1.29, 1.82) is 0 Å². The lowest BCUT2D eigenvalue weighted by Crippen LogP contribution is -2.10. The maximum absolute atomic E-state index is 10.2. The van der Waals surface area contributed by atoms with Gasteiger partial charge < -0.3 is 9.67 Å². The van der Waals surface area contributed by atoms with Crippen LogP contribution in [0.4, 0.5) is 0 Å². The Morgan fingerprint density at radius 2 is 2.12 bits per heavy atom. The average Bonchev–Trinajstić information content (AvgIpc) is 2.68. The minimum Gasteiger partial charge on any atom is -0.388 e. The van der Waals surface area contributed by atoms with Gasteiger partial charge in [-0.3, -0.25) is 0 Å². The van der Waals surface area contributed by atoms with Gasteiger partial charge in [0.2, 0.25) is 0 Å². The molecule has 0 fully saturated rings. The van der Waals surface area contributed by atoms with Crippen LogP contribution in [-0.2, 0) is 13.5 Å². The molecular weight excluding hydrogens is 216 g/mol. The Bertz CT molecular complexity index is 521. The summed E-state index contributed by atoms with van der Waals surface area (Å²) in [4.78, 5) is 4.20. The molecule has 0 aromatic carbocycles. The van der Waals surface area contributed by atoms with E-state index in [1.807, 2.05) is 37.7 Å². The quantitative estimate of drug-likeness (QED) is 0.860. The number of aliphatic hydroxyl groups is 1. The van der Waals surface area contributed by atoms with E-state index in [9.17, 15) is 5.11 Å². The average molecular weight is 232 g/mol. The molecule has 2 heterocycles. The molecule has 2 rings (SSSR count). The normalized spacial score (nSPS) is 12.7. The fourth-order valence-electron chi connectivity index (χ4n) is 1.78. The fraction of sp³-hybridized carbons (Fsp3) is 0.417. The van der Waals surface area contributed by atoms with Crippen molar-refractivity contribution in [2.45, 2.75) is 26.4 Å². The van der Waals surface area contributed by atoms with Crippen molar-refractivity contribution in [3.8, 4) is 0 Å². The Hall–Kier alpha value is -1.75.